The number of aliphatic hydroxyl groups is 2. The van der Waals surface area contributed by atoms with E-state index >= 15 is 0 Å². The lowest BCUT2D eigenvalue weighted by molar-refractivity contribution is -0.143. The summed E-state index contributed by atoms with van der Waals surface area (Å²) in [7, 11) is 0. The lowest BCUT2D eigenvalue weighted by Crippen LogP contribution is -2.40. The molecule has 2 saturated carbocycles. The molecule has 2 aliphatic carbocycles. The molecule has 5 atom stereocenters. The smallest absolute Gasteiger partial charge is 0.305 e. The van der Waals surface area contributed by atoms with Crippen LogP contribution in [0, 0.1) is 17.3 Å². The van der Waals surface area contributed by atoms with Gasteiger partial charge in [0.25, 0.3) is 0 Å². The second-order valence-corrected chi connectivity index (χ2v) is 12.5. The van der Waals surface area contributed by atoms with Crippen molar-refractivity contribution in [2.24, 2.45) is 17.3 Å². The summed E-state index contributed by atoms with van der Waals surface area (Å²) in [6.45, 7) is 4.98. The highest BCUT2D eigenvalue weighted by atomic mass is 35.5. The number of halogens is 1. The zero-order valence-corrected chi connectivity index (χ0v) is 25.2. The van der Waals surface area contributed by atoms with Crippen LogP contribution in [0.4, 0.5) is 0 Å². The molecule has 0 unspecified atom stereocenters. The summed E-state index contributed by atoms with van der Waals surface area (Å²) < 4.78 is 5.39. The Hall–Kier alpha value is -0.840. The molecule has 220 valence electrons. The number of alkyl halides is 1. The van der Waals surface area contributed by atoms with Crippen molar-refractivity contribution in [2.75, 3.05) is 6.61 Å². The van der Waals surface area contributed by atoms with Gasteiger partial charge in [-0.25, -0.2) is 0 Å². The van der Waals surface area contributed by atoms with Crippen LogP contribution >= 0.6 is 11.6 Å². The van der Waals surface area contributed by atoms with E-state index in [4.69, 9.17) is 16.3 Å². The molecule has 0 heterocycles. The van der Waals surface area contributed by atoms with E-state index in [0.717, 1.165) is 51.4 Å². The van der Waals surface area contributed by atoms with Gasteiger partial charge in [0.05, 0.1) is 18.8 Å². The molecule has 38 heavy (non-hydrogen) atoms. The molecule has 0 spiro atoms. The zero-order chi connectivity index (χ0) is 27.6. The van der Waals surface area contributed by atoms with Crippen molar-refractivity contribution in [1.82, 2.24) is 0 Å². The Labute approximate surface area is 238 Å². The van der Waals surface area contributed by atoms with Crippen LogP contribution in [0.25, 0.3) is 0 Å². The van der Waals surface area contributed by atoms with Crippen molar-refractivity contribution in [2.45, 2.75) is 153 Å². The van der Waals surface area contributed by atoms with Crippen LogP contribution in [0.5, 0.6) is 0 Å². The Morgan fingerprint density at radius 2 is 1.68 bits per heavy atom. The number of allylic oxidation sites excluding steroid dienone is 2. The maximum atomic E-state index is 12.0. The van der Waals surface area contributed by atoms with E-state index in [2.05, 4.69) is 38.2 Å². The number of rotatable bonds is 21. The summed E-state index contributed by atoms with van der Waals surface area (Å²) in [5.74, 6) is 0.141. The van der Waals surface area contributed by atoms with E-state index in [-0.39, 0.29) is 34.7 Å². The van der Waals surface area contributed by atoms with Gasteiger partial charge in [0, 0.05) is 17.7 Å². The van der Waals surface area contributed by atoms with Crippen molar-refractivity contribution in [3.8, 4) is 0 Å². The van der Waals surface area contributed by atoms with Gasteiger partial charge < -0.3 is 14.9 Å². The molecular formula is C33H57ClO4. The number of carbonyl (C=O) groups excluding carboxylic acids is 1. The highest BCUT2D eigenvalue weighted by Crippen LogP contribution is 2.48. The standard InChI is InChI=1S/C33H57ClO4/c1-3-5-6-7-8-9-10-13-16-25-38-32(37)22-15-12-11-14-19-27-28(30(35)26-29(27)34)20-17-21-31(36)33(4-2)23-18-24-33/h11,14,17,20,27-31,35-36H,3-10,12-13,15-16,18-19,21-26H2,1-2H3/t27-,28-,29-,30-,31+/m1/s1. The van der Waals surface area contributed by atoms with E-state index in [1.807, 2.05) is 0 Å². The monoisotopic (exact) mass is 552 g/mol. The van der Waals surface area contributed by atoms with Gasteiger partial charge in [0.1, 0.15) is 0 Å². The number of esters is 1. The van der Waals surface area contributed by atoms with Crippen LogP contribution in [-0.2, 0) is 9.53 Å². The SMILES string of the molecule is CCCCCCCCCCCOC(=O)CCCC=CC[C@@H]1[C@@H](C=CC[C@H](O)C2(CC)CCC2)[C@H](O)C[C@H]1Cl. The van der Waals surface area contributed by atoms with Crippen LogP contribution in [0.3, 0.4) is 0 Å². The fraction of sp³-hybridized carbons (Fsp3) is 0.848. The van der Waals surface area contributed by atoms with E-state index in [9.17, 15) is 15.0 Å². The van der Waals surface area contributed by atoms with Crippen LogP contribution in [0.2, 0.25) is 0 Å². The molecule has 0 amide bonds. The van der Waals surface area contributed by atoms with Crippen LogP contribution < -0.4 is 0 Å². The third-order valence-corrected chi connectivity index (χ3v) is 9.69. The maximum Gasteiger partial charge on any atom is 0.305 e. The molecule has 2 aliphatic rings. The van der Waals surface area contributed by atoms with Crippen molar-refractivity contribution < 1.29 is 19.7 Å². The highest BCUT2D eigenvalue weighted by molar-refractivity contribution is 6.21. The summed E-state index contributed by atoms with van der Waals surface area (Å²) in [4.78, 5) is 12.0. The second kappa shape index (κ2) is 19.3. The minimum absolute atomic E-state index is 0.0318. The predicted octanol–water partition coefficient (Wildman–Crippen LogP) is 8.67. The Bertz CT molecular complexity index is 681. The minimum atomic E-state index is -0.423. The summed E-state index contributed by atoms with van der Waals surface area (Å²) in [6.07, 6.45) is 27.8. The molecule has 0 bridgehead atoms. The summed E-state index contributed by atoms with van der Waals surface area (Å²) >= 11 is 6.59. The average Bonchev–Trinajstić information content (AvgIpc) is 3.14. The zero-order valence-electron chi connectivity index (χ0n) is 24.4. The summed E-state index contributed by atoms with van der Waals surface area (Å²) in [5, 5.41) is 21.2. The van der Waals surface area contributed by atoms with Gasteiger partial charge in [-0.3, -0.25) is 4.79 Å². The molecule has 2 fully saturated rings. The number of unbranched alkanes of at least 4 members (excludes halogenated alkanes) is 9. The van der Waals surface area contributed by atoms with E-state index in [1.165, 1.54) is 51.4 Å². The first-order valence-electron chi connectivity index (χ1n) is 15.9. The van der Waals surface area contributed by atoms with Crippen LogP contribution in [0.15, 0.2) is 24.3 Å². The largest absolute Gasteiger partial charge is 0.466 e. The lowest BCUT2D eigenvalue weighted by Gasteiger charge is -2.45. The van der Waals surface area contributed by atoms with Gasteiger partial charge in [-0.1, -0.05) is 95.9 Å². The Balaban J connectivity index is 1.55. The van der Waals surface area contributed by atoms with Gasteiger partial charge >= 0.3 is 5.97 Å². The number of carbonyl (C=O) groups is 1. The molecule has 0 aromatic rings. The van der Waals surface area contributed by atoms with Gasteiger partial charge in [0.2, 0.25) is 0 Å². The van der Waals surface area contributed by atoms with Crippen LogP contribution in [0.1, 0.15) is 136 Å². The van der Waals surface area contributed by atoms with E-state index in [0.29, 0.717) is 25.9 Å². The first-order valence-corrected chi connectivity index (χ1v) is 16.3. The molecule has 5 heteroatoms. The fourth-order valence-corrected chi connectivity index (χ4v) is 6.69. The van der Waals surface area contributed by atoms with Crippen molar-refractivity contribution in [1.29, 1.82) is 0 Å². The average molecular weight is 553 g/mol. The molecule has 0 aromatic heterocycles. The van der Waals surface area contributed by atoms with E-state index < -0.39 is 6.10 Å². The van der Waals surface area contributed by atoms with Crippen LogP contribution in [-0.4, -0.2) is 40.4 Å². The van der Waals surface area contributed by atoms with Gasteiger partial charge in [-0.05, 0) is 69.1 Å². The predicted molar refractivity (Wildman–Crippen MR) is 159 cm³/mol. The van der Waals surface area contributed by atoms with Crippen molar-refractivity contribution >= 4 is 17.6 Å². The Kier molecular flexibility index (Phi) is 16.9. The van der Waals surface area contributed by atoms with Gasteiger partial charge in [-0.2, -0.15) is 0 Å². The van der Waals surface area contributed by atoms with E-state index in [1.54, 1.807) is 0 Å². The molecule has 0 aliphatic heterocycles. The third kappa shape index (κ3) is 11.7. The Morgan fingerprint density at radius 1 is 1.00 bits per heavy atom. The number of hydrogen-bond donors (Lipinski definition) is 2. The number of ether oxygens (including phenoxy) is 1. The number of aliphatic hydroxyl groups excluding tert-OH is 2. The molecular weight excluding hydrogens is 496 g/mol. The first kappa shape index (κ1) is 33.4. The number of hydrogen-bond acceptors (Lipinski definition) is 4. The Morgan fingerprint density at radius 3 is 2.32 bits per heavy atom. The minimum Gasteiger partial charge on any atom is -0.466 e. The lowest BCUT2D eigenvalue weighted by atomic mass is 9.63. The molecule has 0 radical (unpaired) electrons. The highest BCUT2D eigenvalue weighted by Gasteiger charge is 2.42. The third-order valence-electron chi connectivity index (χ3n) is 9.19. The molecule has 0 saturated heterocycles. The second-order valence-electron chi connectivity index (χ2n) is 12.0. The topological polar surface area (TPSA) is 66.8 Å². The van der Waals surface area contributed by atoms with Gasteiger partial charge in [0.15, 0.2) is 0 Å². The van der Waals surface area contributed by atoms with Crippen molar-refractivity contribution in [3.63, 3.8) is 0 Å². The summed E-state index contributed by atoms with van der Waals surface area (Å²) in [5.41, 5.74) is 0.107. The normalized spacial score (nSPS) is 25.7. The quantitative estimate of drug-likeness (QED) is 0.0646. The first-order chi connectivity index (χ1) is 18.4. The maximum absolute atomic E-state index is 12.0. The van der Waals surface area contributed by atoms with Gasteiger partial charge in [-0.15, -0.1) is 11.6 Å². The molecule has 0 aromatic carbocycles. The fourth-order valence-electron chi connectivity index (χ4n) is 6.24. The molecule has 4 nitrogen and oxygen atoms in total. The van der Waals surface area contributed by atoms with Crippen molar-refractivity contribution in [3.05, 3.63) is 24.3 Å². The molecule has 2 rings (SSSR count). The molecule has 2 N–H and O–H groups in total. The summed E-state index contributed by atoms with van der Waals surface area (Å²) in [6, 6.07) is 0.